The van der Waals surface area contributed by atoms with Crippen LogP contribution in [0.1, 0.15) is 23.8 Å². The number of hydrogen-bond donors (Lipinski definition) is 4. The number of H-pyrrole nitrogens is 1. The van der Waals surface area contributed by atoms with Gasteiger partial charge in [-0.2, -0.15) is 0 Å². The van der Waals surface area contributed by atoms with Crippen LogP contribution < -0.4 is 21.7 Å². The maximum absolute atomic E-state index is 12.0. The molecule has 0 bridgehead atoms. The van der Waals surface area contributed by atoms with Gasteiger partial charge in [0.15, 0.2) is 0 Å². The number of primary sulfonamides is 1. The molecule has 32 heavy (non-hydrogen) atoms. The third kappa shape index (κ3) is 5.79. The molecule has 3 rings (SSSR count). The number of aromatic amines is 1. The minimum atomic E-state index is -3.75. The van der Waals surface area contributed by atoms with Gasteiger partial charge in [-0.25, -0.2) is 18.4 Å². The van der Waals surface area contributed by atoms with E-state index in [1.54, 1.807) is 19.1 Å². The van der Waals surface area contributed by atoms with E-state index in [0.29, 0.717) is 18.5 Å². The van der Waals surface area contributed by atoms with Crippen LogP contribution in [0.5, 0.6) is 0 Å². The van der Waals surface area contributed by atoms with Gasteiger partial charge in [0.05, 0.1) is 11.0 Å². The van der Waals surface area contributed by atoms with Gasteiger partial charge in [0.25, 0.3) is 5.56 Å². The van der Waals surface area contributed by atoms with Crippen molar-refractivity contribution in [1.29, 1.82) is 0 Å². The maximum atomic E-state index is 12.0. The van der Waals surface area contributed by atoms with Crippen molar-refractivity contribution >= 4 is 15.9 Å². The lowest BCUT2D eigenvalue weighted by atomic mass is 10.1. The summed E-state index contributed by atoms with van der Waals surface area (Å²) < 4.78 is 29.4. The van der Waals surface area contributed by atoms with Crippen LogP contribution in [0.25, 0.3) is 0 Å². The van der Waals surface area contributed by atoms with Crippen molar-refractivity contribution in [2.24, 2.45) is 5.14 Å². The van der Waals surface area contributed by atoms with Crippen LogP contribution >= 0.6 is 0 Å². The number of aliphatic hydroxyl groups is 1. The van der Waals surface area contributed by atoms with Crippen molar-refractivity contribution in [2.45, 2.75) is 43.1 Å². The quantitative estimate of drug-likeness (QED) is 0.382. The van der Waals surface area contributed by atoms with E-state index in [1.807, 2.05) is 0 Å². The lowest BCUT2D eigenvalue weighted by Crippen LogP contribution is -2.33. The largest absolute Gasteiger partial charge is 0.390 e. The van der Waals surface area contributed by atoms with E-state index in [-0.39, 0.29) is 11.3 Å². The summed E-state index contributed by atoms with van der Waals surface area (Å²) in [5.74, 6) is -0.401. The number of nitrogens with one attached hydrogen (secondary N) is 2. The Balaban J connectivity index is 1.51. The fourth-order valence-electron chi connectivity index (χ4n) is 3.24. The molecule has 11 nitrogen and oxygen atoms in total. The van der Waals surface area contributed by atoms with E-state index in [1.165, 1.54) is 35.0 Å². The summed E-state index contributed by atoms with van der Waals surface area (Å²) in [7, 11) is -3.75. The van der Waals surface area contributed by atoms with Crippen LogP contribution in [-0.4, -0.2) is 47.7 Å². The van der Waals surface area contributed by atoms with E-state index in [9.17, 15) is 27.9 Å². The van der Waals surface area contributed by atoms with Gasteiger partial charge in [-0.3, -0.25) is 19.1 Å². The van der Waals surface area contributed by atoms with Crippen molar-refractivity contribution in [3.8, 4) is 0 Å². The molecular weight excluding hydrogens is 440 g/mol. The number of aryl methyl sites for hydroxylation is 1. The molecule has 3 atom stereocenters. The summed E-state index contributed by atoms with van der Waals surface area (Å²) in [5, 5.41) is 17.9. The fourth-order valence-corrected chi connectivity index (χ4v) is 3.75. The number of rotatable bonds is 7. The first-order valence-corrected chi connectivity index (χ1v) is 11.3. The molecule has 12 heteroatoms. The number of aromatic nitrogens is 2. The third-order valence-corrected chi connectivity index (χ3v) is 5.92. The summed E-state index contributed by atoms with van der Waals surface area (Å²) in [6.07, 6.45) is 2.11. The highest BCUT2D eigenvalue weighted by atomic mass is 32.2. The predicted molar refractivity (Wildman–Crippen MR) is 114 cm³/mol. The van der Waals surface area contributed by atoms with Crippen LogP contribution in [0, 0.1) is 6.92 Å². The first-order chi connectivity index (χ1) is 15.0. The minimum Gasteiger partial charge on any atom is -0.390 e. The Morgan fingerprint density at radius 2 is 2.03 bits per heavy atom. The molecule has 0 radical (unpaired) electrons. The molecule has 2 aromatic rings. The summed E-state index contributed by atoms with van der Waals surface area (Å²) in [5.41, 5.74) is 0.0246. The first kappa shape index (κ1) is 23.6. The molecule has 0 aliphatic carbocycles. The Morgan fingerprint density at radius 1 is 1.34 bits per heavy atom. The van der Waals surface area contributed by atoms with E-state index >= 15 is 0 Å². The van der Waals surface area contributed by atoms with Gasteiger partial charge < -0.3 is 15.2 Å². The number of hydrogen-bond acceptors (Lipinski definition) is 7. The molecule has 1 aliphatic heterocycles. The Morgan fingerprint density at radius 3 is 2.69 bits per heavy atom. The molecule has 1 amide bonds. The molecule has 172 valence electrons. The Hall–Kier alpha value is -3.06. The lowest BCUT2D eigenvalue weighted by Gasteiger charge is -2.14. The van der Waals surface area contributed by atoms with Gasteiger partial charge >= 0.3 is 5.69 Å². The van der Waals surface area contributed by atoms with Crippen LogP contribution in [0.3, 0.4) is 0 Å². The zero-order valence-electron chi connectivity index (χ0n) is 17.2. The number of nitrogens with zero attached hydrogens (tertiary/aromatic N) is 1. The van der Waals surface area contributed by atoms with Crippen LogP contribution in [0.15, 0.2) is 57.1 Å². The van der Waals surface area contributed by atoms with Gasteiger partial charge in [0, 0.05) is 30.8 Å². The number of benzene rings is 1. The highest BCUT2D eigenvalue weighted by molar-refractivity contribution is 7.89. The Bertz CT molecular complexity index is 1230. The number of aliphatic hydroxyl groups excluding tert-OH is 1. The number of amides is 1. The second-order valence-corrected chi connectivity index (χ2v) is 8.99. The second kappa shape index (κ2) is 9.61. The molecule has 1 fully saturated rings. The monoisotopic (exact) mass is 464 g/mol. The van der Waals surface area contributed by atoms with Crippen LogP contribution in [0.2, 0.25) is 0 Å². The lowest BCUT2D eigenvalue weighted by molar-refractivity contribution is -0.116. The van der Waals surface area contributed by atoms with Crippen LogP contribution in [0.4, 0.5) is 0 Å². The van der Waals surface area contributed by atoms with Gasteiger partial charge in [-0.05, 0) is 37.1 Å². The van der Waals surface area contributed by atoms with Crippen molar-refractivity contribution in [3.63, 3.8) is 0 Å². The van der Waals surface area contributed by atoms with Gasteiger partial charge in [0.2, 0.25) is 15.9 Å². The number of ether oxygens (including phenoxy) is 1. The Labute approximate surface area is 183 Å². The molecule has 1 aromatic heterocycles. The fraction of sp³-hybridized carbons (Fsp3) is 0.350. The smallest absolute Gasteiger partial charge is 0.330 e. The minimum absolute atomic E-state index is 0.0147. The molecule has 1 aliphatic rings. The average molecular weight is 465 g/mol. The zero-order chi connectivity index (χ0) is 23.5. The first-order valence-electron chi connectivity index (χ1n) is 9.78. The molecule has 0 unspecified atom stereocenters. The van der Waals surface area contributed by atoms with Gasteiger partial charge in [0.1, 0.15) is 12.3 Å². The number of carbonyl (C=O) groups excluding carboxylic acids is 1. The van der Waals surface area contributed by atoms with Crippen molar-refractivity contribution < 1.29 is 23.1 Å². The Kier molecular flexibility index (Phi) is 7.09. The van der Waals surface area contributed by atoms with Crippen LogP contribution in [-0.2, 0) is 26.0 Å². The highest BCUT2D eigenvalue weighted by Gasteiger charge is 2.34. The average Bonchev–Trinajstić information content (AvgIpc) is 3.09. The SMILES string of the molecule is Cc1cn([C@H]2C[C@H](O)[C@@H](/C=C/C(=O)NCCc3ccc(S(N)(=O)=O)cc3)O2)c(=O)[nH]c1=O. The molecule has 0 saturated carbocycles. The van der Waals surface area contributed by atoms with E-state index in [0.717, 1.165) is 5.56 Å². The topological polar surface area (TPSA) is 174 Å². The van der Waals surface area contributed by atoms with Crippen molar-refractivity contribution in [2.75, 3.05) is 6.54 Å². The summed E-state index contributed by atoms with van der Waals surface area (Å²) >= 11 is 0. The van der Waals surface area contributed by atoms with Crippen molar-refractivity contribution in [3.05, 3.63) is 74.6 Å². The molecule has 5 N–H and O–H groups in total. The van der Waals surface area contributed by atoms with E-state index in [4.69, 9.17) is 9.88 Å². The third-order valence-electron chi connectivity index (χ3n) is 4.99. The summed E-state index contributed by atoms with van der Waals surface area (Å²) in [4.78, 5) is 37.7. The number of nitrogens with two attached hydrogens (primary N) is 1. The molecular formula is C20H24N4O7S. The molecule has 2 heterocycles. The standard InChI is InChI=1S/C20H24N4O7S/c1-12-11-24(20(28)23-19(12)27)18-10-15(25)16(31-18)6-7-17(26)22-9-8-13-2-4-14(5-3-13)32(21,29)30/h2-7,11,15-16,18,25H,8-10H2,1H3,(H,22,26)(H2,21,29,30)(H,23,27,28)/b7-6+/t15-,16+,18+/m0/s1. The molecule has 0 spiro atoms. The highest BCUT2D eigenvalue weighted by Crippen LogP contribution is 2.28. The van der Waals surface area contributed by atoms with Gasteiger partial charge in [-0.15, -0.1) is 0 Å². The molecule has 1 aromatic carbocycles. The summed E-state index contributed by atoms with van der Waals surface area (Å²) in [6.45, 7) is 1.86. The van der Waals surface area contributed by atoms with E-state index < -0.39 is 45.6 Å². The summed E-state index contributed by atoms with van der Waals surface area (Å²) in [6, 6.07) is 6.03. The number of carbonyl (C=O) groups is 1. The number of sulfonamides is 1. The van der Waals surface area contributed by atoms with Gasteiger partial charge in [-0.1, -0.05) is 12.1 Å². The molecule has 1 saturated heterocycles. The zero-order valence-corrected chi connectivity index (χ0v) is 18.0. The maximum Gasteiger partial charge on any atom is 0.330 e. The van der Waals surface area contributed by atoms with Crippen molar-refractivity contribution in [1.82, 2.24) is 14.9 Å². The normalized spacial score (nSPS) is 21.2. The second-order valence-electron chi connectivity index (χ2n) is 7.43. The predicted octanol–water partition coefficient (Wildman–Crippen LogP) is -0.944. The van der Waals surface area contributed by atoms with E-state index in [2.05, 4.69) is 10.3 Å².